The average molecular weight is 256 g/mol. The lowest BCUT2D eigenvalue weighted by Crippen LogP contribution is -2.35. The molecule has 0 aromatic carbocycles. The highest BCUT2D eigenvalue weighted by Crippen LogP contribution is 2.24. The fourth-order valence-electron chi connectivity index (χ4n) is 2.49. The van der Waals surface area contributed by atoms with Crippen molar-refractivity contribution in [2.75, 3.05) is 19.6 Å². The average Bonchev–Trinajstić information content (AvgIpc) is 2.29. The third-order valence-electron chi connectivity index (χ3n) is 4.23. The second kappa shape index (κ2) is 6.69. The molecule has 0 atom stereocenters. The molecule has 0 amide bonds. The molecule has 2 nitrogen and oxygen atoms in total. The number of piperidine rings is 1. The van der Waals surface area contributed by atoms with Crippen LogP contribution in [0.2, 0.25) is 0 Å². The van der Waals surface area contributed by atoms with E-state index in [0.717, 1.165) is 12.3 Å². The van der Waals surface area contributed by atoms with Crippen molar-refractivity contribution in [1.82, 2.24) is 4.90 Å². The van der Waals surface area contributed by atoms with Gasteiger partial charge >= 0.3 is 0 Å². The van der Waals surface area contributed by atoms with E-state index in [9.17, 15) is 0 Å². The molecule has 0 aromatic rings. The largest absolute Gasteiger partial charge is 0.393 e. The number of nitrogens with two attached hydrogens (primary N) is 1. The van der Waals surface area contributed by atoms with Crippen LogP contribution in [0.4, 0.5) is 0 Å². The fraction of sp³-hybridized carbons (Fsp3) is 0.929. The van der Waals surface area contributed by atoms with Crippen molar-refractivity contribution >= 4 is 17.2 Å². The molecule has 1 rings (SSSR count). The van der Waals surface area contributed by atoms with Gasteiger partial charge in [-0.15, -0.1) is 0 Å². The molecule has 0 radical (unpaired) electrons. The van der Waals surface area contributed by atoms with Gasteiger partial charge in [-0.05, 0) is 51.2 Å². The molecule has 1 fully saturated rings. The van der Waals surface area contributed by atoms with E-state index in [-0.39, 0.29) is 5.41 Å². The number of hydrogen-bond acceptors (Lipinski definition) is 2. The summed E-state index contributed by atoms with van der Waals surface area (Å²) in [4.78, 5) is 3.25. The van der Waals surface area contributed by atoms with Crippen molar-refractivity contribution in [3.63, 3.8) is 0 Å². The SMILES string of the molecule is CCC1CCN(CCCC(C)(C)C(N)=S)CC1. The third-order valence-corrected chi connectivity index (χ3v) is 4.78. The molecule has 0 bridgehead atoms. The zero-order valence-corrected chi connectivity index (χ0v) is 12.5. The minimum atomic E-state index is 0.0249. The van der Waals surface area contributed by atoms with E-state index in [2.05, 4.69) is 25.7 Å². The highest BCUT2D eigenvalue weighted by atomic mass is 32.1. The van der Waals surface area contributed by atoms with Crippen molar-refractivity contribution in [3.05, 3.63) is 0 Å². The first-order chi connectivity index (χ1) is 7.95. The number of nitrogens with zero attached hydrogens (tertiary/aromatic N) is 1. The molecule has 2 N–H and O–H groups in total. The Morgan fingerprint density at radius 1 is 1.35 bits per heavy atom. The van der Waals surface area contributed by atoms with Crippen LogP contribution in [0.15, 0.2) is 0 Å². The quantitative estimate of drug-likeness (QED) is 0.740. The van der Waals surface area contributed by atoms with Crippen LogP contribution >= 0.6 is 12.2 Å². The van der Waals surface area contributed by atoms with E-state index >= 15 is 0 Å². The van der Waals surface area contributed by atoms with Crippen molar-refractivity contribution in [1.29, 1.82) is 0 Å². The molecule has 1 heterocycles. The number of thiocarbonyl (C=S) groups is 1. The zero-order valence-electron chi connectivity index (χ0n) is 11.7. The summed E-state index contributed by atoms with van der Waals surface area (Å²) >= 11 is 5.10. The minimum Gasteiger partial charge on any atom is -0.393 e. The monoisotopic (exact) mass is 256 g/mol. The standard InChI is InChI=1S/C14H28N2S/c1-4-12-6-10-16(11-7-12)9-5-8-14(2,3)13(15)17/h12H,4-11H2,1-3H3,(H2,15,17). The molecule has 0 aliphatic carbocycles. The molecule has 0 aromatic heterocycles. The Hall–Kier alpha value is -0.150. The molecule has 1 aliphatic rings. The van der Waals surface area contributed by atoms with Gasteiger partial charge in [-0.3, -0.25) is 0 Å². The summed E-state index contributed by atoms with van der Waals surface area (Å²) in [5, 5.41) is 0. The lowest BCUT2D eigenvalue weighted by atomic mass is 9.87. The van der Waals surface area contributed by atoms with Gasteiger partial charge in [0.2, 0.25) is 0 Å². The van der Waals surface area contributed by atoms with E-state index in [0.29, 0.717) is 4.99 Å². The van der Waals surface area contributed by atoms with E-state index in [1.54, 1.807) is 0 Å². The van der Waals surface area contributed by atoms with Crippen LogP contribution < -0.4 is 5.73 Å². The van der Waals surface area contributed by atoms with Gasteiger partial charge in [-0.1, -0.05) is 39.4 Å². The van der Waals surface area contributed by atoms with Crippen LogP contribution in [0, 0.1) is 11.3 Å². The number of likely N-dealkylation sites (tertiary alicyclic amines) is 1. The Balaban J connectivity index is 2.18. The van der Waals surface area contributed by atoms with Gasteiger partial charge in [0.05, 0.1) is 4.99 Å². The summed E-state index contributed by atoms with van der Waals surface area (Å²) in [6.07, 6.45) is 6.43. The van der Waals surface area contributed by atoms with Crippen LogP contribution in [0.3, 0.4) is 0 Å². The van der Waals surface area contributed by atoms with Gasteiger partial charge < -0.3 is 10.6 Å². The molecule has 3 heteroatoms. The fourth-order valence-corrected chi connectivity index (χ4v) is 2.59. The maximum Gasteiger partial charge on any atom is 0.0784 e. The smallest absolute Gasteiger partial charge is 0.0784 e. The maximum absolute atomic E-state index is 5.74. The Kier molecular flexibility index (Phi) is 5.87. The first-order valence-corrected chi connectivity index (χ1v) is 7.39. The van der Waals surface area contributed by atoms with Crippen LogP contribution in [-0.4, -0.2) is 29.5 Å². The summed E-state index contributed by atoms with van der Waals surface area (Å²) in [5.74, 6) is 0.972. The molecule has 0 unspecified atom stereocenters. The molecule has 17 heavy (non-hydrogen) atoms. The van der Waals surface area contributed by atoms with Crippen molar-refractivity contribution in [2.45, 2.75) is 52.9 Å². The minimum absolute atomic E-state index is 0.0249. The van der Waals surface area contributed by atoms with E-state index in [1.807, 2.05) is 0 Å². The molecule has 0 spiro atoms. The predicted octanol–water partition coefficient (Wildman–Crippen LogP) is 3.20. The third kappa shape index (κ3) is 4.92. The lowest BCUT2D eigenvalue weighted by Gasteiger charge is -2.32. The summed E-state index contributed by atoms with van der Waals surface area (Å²) < 4.78 is 0. The Morgan fingerprint density at radius 2 is 1.94 bits per heavy atom. The molecular formula is C14H28N2S. The normalized spacial score (nSPS) is 19.5. The van der Waals surface area contributed by atoms with E-state index in [1.165, 1.54) is 45.3 Å². The van der Waals surface area contributed by atoms with Crippen molar-refractivity contribution < 1.29 is 0 Å². The van der Waals surface area contributed by atoms with Crippen LogP contribution in [0.1, 0.15) is 52.9 Å². The summed E-state index contributed by atoms with van der Waals surface area (Å²) in [7, 11) is 0. The second-order valence-corrected chi connectivity index (χ2v) is 6.48. The van der Waals surface area contributed by atoms with Crippen molar-refractivity contribution in [2.24, 2.45) is 17.1 Å². The molecule has 1 aliphatic heterocycles. The number of rotatable bonds is 6. The first kappa shape index (κ1) is 14.9. The van der Waals surface area contributed by atoms with Gasteiger partial charge in [0.15, 0.2) is 0 Å². The van der Waals surface area contributed by atoms with Crippen LogP contribution in [0.25, 0.3) is 0 Å². The molecule has 100 valence electrons. The summed E-state index contributed by atoms with van der Waals surface area (Å²) in [6.45, 7) is 10.4. The zero-order chi connectivity index (χ0) is 12.9. The first-order valence-electron chi connectivity index (χ1n) is 6.98. The molecular weight excluding hydrogens is 228 g/mol. The Bertz CT molecular complexity index is 243. The topological polar surface area (TPSA) is 29.3 Å². The highest BCUT2D eigenvalue weighted by Gasteiger charge is 2.22. The maximum atomic E-state index is 5.74. The number of hydrogen-bond donors (Lipinski definition) is 1. The summed E-state index contributed by atoms with van der Waals surface area (Å²) in [6, 6.07) is 0. The summed E-state index contributed by atoms with van der Waals surface area (Å²) in [5.41, 5.74) is 5.77. The van der Waals surface area contributed by atoms with Gasteiger partial charge in [-0.25, -0.2) is 0 Å². The lowest BCUT2D eigenvalue weighted by molar-refractivity contribution is 0.175. The van der Waals surface area contributed by atoms with E-state index < -0.39 is 0 Å². The Labute approximate surface area is 112 Å². The van der Waals surface area contributed by atoms with Gasteiger partial charge in [0, 0.05) is 5.41 Å². The predicted molar refractivity (Wildman–Crippen MR) is 79.3 cm³/mol. The van der Waals surface area contributed by atoms with Gasteiger partial charge in [0.1, 0.15) is 0 Å². The van der Waals surface area contributed by atoms with E-state index in [4.69, 9.17) is 18.0 Å². The molecule has 1 saturated heterocycles. The second-order valence-electron chi connectivity index (χ2n) is 6.04. The highest BCUT2D eigenvalue weighted by molar-refractivity contribution is 7.80. The Morgan fingerprint density at radius 3 is 2.41 bits per heavy atom. The van der Waals surface area contributed by atoms with Gasteiger partial charge in [-0.2, -0.15) is 0 Å². The molecule has 0 saturated carbocycles. The van der Waals surface area contributed by atoms with Gasteiger partial charge in [0.25, 0.3) is 0 Å². The van der Waals surface area contributed by atoms with Crippen LogP contribution in [0.5, 0.6) is 0 Å². The van der Waals surface area contributed by atoms with Crippen molar-refractivity contribution in [3.8, 4) is 0 Å². The van der Waals surface area contributed by atoms with Crippen LogP contribution in [-0.2, 0) is 0 Å².